The maximum Gasteiger partial charge on any atom is 0.0549 e. The van der Waals surface area contributed by atoms with Crippen molar-refractivity contribution in [2.24, 2.45) is 0 Å². The van der Waals surface area contributed by atoms with E-state index >= 15 is 0 Å². The quantitative estimate of drug-likeness (QED) is 0.708. The number of hydrogen-bond donors (Lipinski definition) is 2. The Hall–Kier alpha value is -0.710. The maximum absolute atomic E-state index is 5.94. The Balaban J connectivity index is 2.28. The second-order valence-electron chi connectivity index (χ2n) is 3.49. The average molecular weight is 376 g/mol. The highest BCUT2D eigenvalue weighted by Crippen LogP contribution is 2.31. The first-order chi connectivity index (χ1) is 8.06. The minimum atomic E-state index is 0.687. The fourth-order valence-electron chi connectivity index (χ4n) is 1.36. The molecule has 2 nitrogen and oxygen atoms in total. The molecule has 0 aliphatic heterocycles. The molecule has 0 spiro atoms. The zero-order valence-corrected chi connectivity index (χ0v) is 12.6. The smallest absolute Gasteiger partial charge is 0.0549 e. The van der Waals surface area contributed by atoms with Crippen molar-refractivity contribution < 1.29 is 0 Å². The lowest BCUT2D eigenvalue weighted by molar-refractivity contribution is 1.51. The van der Waals surface area contributed by atoms with E-state index in [1.54, 1.807) is 0 Å². The van der Waals surface area contributed by atoms with Gasteiger partial charge in [0.1, 0.15) is 0 Å². The third-order valence-corrected chi connectivity index (χ3v) is 4.06. The zero-order valence-electron chi connectivity index (χ0n) is 8.68. The van der Waals surface area contributed by atoms with Crippen LogP contribution >= 0.6 is 43.5 Å². The Kier molecular flexibility index (Phi) is 3.97. The Morgan fingerprint density at radius 2 is 1.76 bits per heavy atom. The lowest BCUT2D eigenvalue weighted by Gasteiger charge is -2.10. The summed E-state index contributed by atoms with van der Waals surface area (Å²) >= 11 is 12.8. The van der Waals surface area contributed by atoms with Crippen molar-refractivity contribution in [3.63, 3.8) is 0 Å². The van der Waals surface area contributed by atoms with Crippen molar-refractivity contribution in [2.45, 2.75) is 0 Å². The van der Waals surface area contributed by atoms with Crippen LogP contribution < -0.4 is 11.1 Å². The molecule has 0 unspecified atom stereocenters. The van der Waals surface area contributed by atoms with Crippen LogP contribution in [0.5, 0.6) is 0 Å². The van der Waals surface area contributed by atoms with E-state index in [2.05, 4.69) is 37.2 Å². The van der Waals surface area contributed by atoms with Crippen LogP contribution in [-0.4, -0.2) is 0 Å². The van der Waals surface area contributed by atoms with Crippen molar-refractivity contribution in [2.75, 3.05) is 11.1 Å². The van der Waals surface area contributed by atoms with Crippen LogP contribution in [0, 0.1) is 0 Å². The standard InChI is InChI=1S/C12H9Br2ClN2/c13-9-6-8(2-3-11(9)15)17-12-4-1-7(16)5-10(12)14/h1-6,17H,16H2. The number of hydrogen-bond acceptors (Lipinski definition) is 2. The highest BCUT2D eigenvalue weighted by molar-refractivity contribution is 9.11. The molecule has 2 aromatic carbocycles. The molecule has 0 radical (unpaired) electrons. The lowest BCUT2D eigenvalue weighted by atomic mass is 10.2. The van der Waals surface area contributed by atoms with E-state index in [-0.39, 0.29) is 0 Å². The largest absolute Gasteiger partial charge is 0.399 e. The highest BCUT2D eigenvalue weighted by Gasteiger charge is 2.03. The van der Waals surface area contributed by atoms with Gasteiger partial charge in [-0.25, -0.2) is 0 Å². The molecule has 0 atom stereocenters. The van der Waals surface area contributed by atoms with Crippen LogP contribution in [0.3, 0.4) is 0 Å². The molecule has 17 heavy (non-hydrogen) atoms. The molecule has 0 bridgehead atoms. The molecule has 5 heteroatoms. The highest BCUT2D eigenvalue weighted by atomic mass is 79.9. The second-order valence-corrected chi connectivity index (χ2v) is 5.61. The van der Waals surface area contributed by atoms with Crippen molar-refractivity contribution in [3.05, 3.63) is 50.4 Å². The van der Waals surface area contributed by atoms with E-state index in [9.17, 15) is 0 Å². The molecule has 0 aromatic heterocycles. The van der Waals surface area contributed by atoms with Gasteiger partial charge in [-0.1, -0.05) is 11.6 Å². The maximum atomic E-state index is 5.94. The number of halogens is 3. The summed E-state index contributed by atoms with van der Waals surface area (Å²) in [6.45, 7) is 0. The van der Waals surface area contributed by atoms with Crippen LogP contribution in [-0.2, 0) is 0 Å². The van der Waals surface area contributed by atoms with E-state index in [1.807, 2.05) is 36.4 Å². The minimum absolute atomic E-state index is 0.687. The molecule has 0 amide bonds. The van der Waals surface area contributed by atoms with Crippen molar-refractivity contribution in [3.8, 4) is 0 Å². The number of benzene rings is 2. The molecule has 0 fully saturated rings. The molecule has 0 aliphatic rings. The molecular weight excluding hydrogens is 367 g/mol. The number of anilines is 3. The van der Waals surface area contributed by atoms with Gasteiger partial charge in [0.2, 0.25) is 0 Å². The van der Waals surface area contributed by atoms with Crippen LogP contribution in [0.15, 0.2) is 45.3 Å². The SMILES string of the molecule is Nc1ccc(Nc2ccc(Cl)c(Br)c2)c(Br)c1. The summed E-state index contributed by atoms with van der Waals surface area (Å²) in [6.07, 6.45) is 0. The number of nitrogens with one attached hydrogen (secondary N) is 1. The van der Waals surface area contributed by atoms with Crippen LogP contribution in [0.4, 0.5) is 17.1 Å². The van der Waals surface area contributed by atoms with Crippen molar-refractivity contribution in [1.82, 2.24) is 0 Å². The monoisotopic (exact) mass is 374 g/mol. The van der Waals surface area contributed by atoms with Gasteiger partial charge in [-0.3, -0.25) is 0 Å². The molecule has 0 aliphatic carbocycles. The fourth-order valence-corrected chi connectivity index (χ4v) is 2.35. The third-order valence-electron chi connectivity index (χ3n) is 2.19. The van der Waals surface area contributed by atoms with Crippen LogP contribution in [0.25, 0.3) is 0 Å². The van der Waals surface area contributed by atoms with Gasteiger partial charge in [0.15, 0.2) is 0 Å². The number of nitrogens with two attached hydrogens (primary N) is 1. The molecule has 88 valence electrons. The molecule has 0 saturated carbocycles. The molecule has 0 saturated heterocycles. The third kappa shape index (κ3) is 3.15. The van der Waals surface area contributed by atoms with E-state index in [4.69, 9.17) is 17.3 Å². The van der Waals surface area contributed by atoms with E-state index in [0.29, 0.717) is 5.02 Å². The van der Waals surface area contributed by atoms with Gasteiger partial charge in [-0.15, -0.1) is 0 Å². The van der Waals surface area contributed by atoms with Crippen LogP contribution in [0.2, 0.25) is 5.02 Å². The van der Waals surface area contributed by atoms with Gasteiger partial charge >= 0.3 is 0 Å². The minimum Gasteiger partial charge on any atom is -0.399 e. The van der Waals surface area contributed by atoms with E-state index in [0.717, 1.165) is 26.0 Å². The fraction of sp³-hybridized carbons (Fsp3) is 0. The van der Waals surface area contributed by atoms with E-state index < -0.39 is 0 Å². The van der Waals surface area contributed by atoms with Gasteiger partial charge < -0.3 is 11.1 Å². The van der Waals surface area contributed by atoms with Gasteiger partial charge in [-0.2, -0.15) is 0 Å². The lowest BCUT2D eigenvalue weighted by Crippen LogP contribution is -1.93. The number of rotatable bonds is 2. The van der Waals surface area contributed by atoms with Crippen molar-refractivity contribution >= 4 is 60.5 Å². The predicted octanol–water partition coefficient (Wildman–Crippen LogP) is 5.19. The zero-order chi connectivity index (χ0) is 12.4. The van der Waals surface area contributed by atoms with Crippen LogP contribution in [0.1, 0.15) is 0 Å². The summed E-state index contributed by atoms with van der Waals surface area (Å²) in [5.74, 6) is 0. The summed E-state index contributed by atoms with van der Waals surface area (Å²) in [5, 5.41) is 3.96. The molecule has 0 heterocycles. The molecule has 2 aromatic rings. The first-order valence-electron chi connectivity index (χ1n) is 4.83. The summed E-state index contributed by atoms with van der Waals surface area (Å²) < 4.78 is 1.78. The molecule has 3 N–H and O–H groups in total. The Bertz CT molecular complexity index is 558. The Morgan fingerprint density at radius 1 is 1.00 bits per heavy atom. The normalized spacial score (nSPS) is 10.3. The van der Waals surface area contributed by atoms with Gasteiger partial charge in [0.25, 0.3) is 0 Å². The van der Waals surface area contributed by atoms with Crippen molar-refractivity contribution in [1.29, 1.82) is 0 Å². The second kappa shape index (κ2) is 5.29. The topological polar surface area (TPSA) is 38.0 Å². The van der Waals surface area contributed by atoms with Gasteiger partial charge in [0.05, 0.1) is 10.7 Å². The Morgan fingerprint density at radius 3 is 2.41 bits per heavy atom. The molecule has 2 rings (SSSR count). The van der Waals surface area contributed by atoms with E-state index in [1.165, 1.54) is 0 Å². The molecular formula is C12H9Br2ClN2. The first-order valence-corrected chi connectivity index (χ1v) is 6.80. The average Bonchev–Trinajstić information content (AvgIpc) is 2.27. The summed E-state index contributed by atoms with van der Waals surface area (Å²) in [7, 11) is 0. The summed E-state index contributed by atoms with van der Waals surface area (Å²) in [4.78, 5) is 0. The van der Waals surface area contributed by atoms with Gasteiger partial charge in [-0.05, 0) is 68.3 Å². The predicted molar refractivity (Wildman–Crippen MR) is 81.0 cm³/mol. The summed E-state index contributed by atoms with van der Waals surface area (Å²) in [6, 6.07) is 11.3. The Labute approximate surface area is 121 Å². The number of nitrogen functional groups attached to an aromatic ring is 1. The first kappa shape index (κ1) is 12.7. The summed E-state index contributed by atoms with van der Waals surface area (Å²) in [5.41, 5.74) is 8.31. The van der Waals surface area contributed by atoms with Gasteiger partial charge in [0, 0.05) is 20.3 Å².